The fourth-order valence-electron chi connectivity index (χ4n) is 4.30. The minimum Gasteiger partial charge on any atom is -0.342 e. The first-order valence-electron chi connectivity index (χ1n) is 10.7. The van der Waals surface area contributed by atoms with E-state index in [1.807, 2.05) is 42.2 Å². The van der Waals surface area contributed by atoms with Crippen LogP contribution >= 0.6 is 0 Å². The Bertz CT molecular complexity index is 1110. The number of allylic oxidation sites excluding steroid dienone is 1. The summed E-state index contributed by atoms with van der Waals surface area (Å²) in [5, 5.41) is 4.32. The highest BCUT2D eigenvalue weighted by molar-refractivity contribution is 5.91. The molecule has 1 saturated heterocycles. The number of aliphatic imine (C=N–C) groups is 1. The van der Waals surface area contributed by atoms with Crippen LogP contribution in [0.15, 0.2) is 90.6 Å². The van der Waals surface area contributed by atoms with E-state index in [1.165, 1.54) is 12.0 Å². The molecular weight excluding hydrogens is 384 g/mol. The maximum atomic E-state index is 5.01. The summed E-state index contributed by atoms with van der Waals surface area (Å²) >= 11 is 0. The van der Waals surface area contributed by atoms with Crippen LogP contribution in [-0.4, -0.2) is 50.7 Å². The number of hydrogen-bond donors (Lipinski definition) is 0. The molecule has 1 fully saturated rings. The van der Waals surface area contributed by atoms with Crippen molar-refractivity contribution < 1.29 is 0 Å². The van der Waals surface area contributed by atoms with Crippen LogP contribution in [-0.2, 0) is 0 Å². The molecule has 2 aliphatic rings. The summed E-state index contributed by atoms with van der Waals surface area (Å²) in [6.45, 7) is 6.19. The number of piperidine rings is 1. The number of guanidine groups is 1. The molecule has 0 aliphatic carbocycles. The van der Waals surface area contributed by atoms with Gasteiger partial charge >= 0.3 is 0 Å². The van der Waals surface area contributed by atoms with Crippen LogP contribution in [0.2, 0.25) is 0 Å². The molecule has 6 nitrogen and oxygen atoms in total. The Labute approximate surface area is 182 Å². The first kappa shape index (κ1) is 19.3. The maximum Gasteiger partial charge on any atom is 0.206 e. The van der Waals surface area contributed by atoms with Gasteiger partial charge in [0.25, 0.3) is 0 Å². The van der Waals surface area contributed by atoms with E-state index in [0.717, 1.165) is 48.1 Å². The third-order valence-electron chi connectivity index (χ3n) is 6.07. The summed E-state index contributed by atoms with van der Waals surface area (Å²) in [5.74, 6) is 1.44. The van der Waals surface area contributed by atoms with Crippen molar-refractivity contribution in [2.75, 3.05) is 20.1 Å². The average molecular weight is 411 g/mol. The maximum absolute atomic E-state index is 5.01. The number of nitrogens with zero attached hydrogens (tertiary/aromatic N) is 6. The number of likely N-dealkylation sites (N-methyl/N-ethyl adjacent to an activating group) is 1. The summed E-state index contributed by atoms with van der Waals surface area (Å²) in [4.78, 5) is 13.6. The van der Waals surface area contributed by atoms with Gasteiger partial charge in [0.15, 0.2) is 0 Å². The van der Waals surface area contributed by atoms with Crippen molar-refractivity contribution in [2.24, 2.45) is 4.99 Å². The van der Waals surface area contributed by atoms with Gasteiger partial charge in [-0.1, -0.05) is 18.7 Å². The molecule has 1 aromatic carbocycles. The lowest BCUT2D eigenvalue weighted by Gasteiger charge is -2.39. The molecule has 156 valence electrons. The lowest BCUT2D eigenvalue weighted by Crippen LogP contribution is -2.47. The standard InChI is InChI=1S/C25H26N6/c1-19-17-24(21-10-13-26-14-11-21)28-25(29(19)2)30-15-3-5-22(18-30)20-6-8-23(9-7-20)31-16-4-12-27-31/h4,6-14,16-17,22H,1,3,5,15,18H2,2H3. The third kappa shape index (κ3) is 3.89. The van der Waals surface area contributed by atoms with E-state index in [0.29, 0.717) is 5.92 Å². The predicted molar refractivity (Wildman–Crippen MR) is 124 cm³/mol. The van der Waals surface area contributed by atoms with E-state index in [2.05, 4.69) is 50.7 Å². The molecule has 0 N–H and O–H groups in total. The molecule has 1 unspecified atom stereocenters. The van der Waals surface area contributed by atoms with Gasteiger partial charge in [-0.15, -0.1) is 0 Å². The molecule has 2 aliphatic heterocycles. The van der Waals surface area contributed by atoms with Crippen molar-refractivity contribution in [3.8, 4) is 5.69 Å². The van der Waals surface area contributed by atoms with Gasteiger partial charge in [0.05, 0.1) is 11.4 Å². The predicted octanol–water partition coefficient (Wildman–Crippen LogP) is 4.30. The molecular formula is C25H26N6. The van der Waals surface area contributed by atoms with Gasteiger partial charge in [0, 0.05) is 62.1 Å². The summed E-state index contributed by atoms with van der Waals surface area (Å²) in [6, 6.07) is 14.7. The summed E-state index contributed by atoms with van der Waals surface area (Å²) in [6.07, 6.45) is 11.7. The Morgan fingerprint density at radius 1 is 1.03 bits per heavy atom. The first-order chi connectivity index (χ1) is 15.2. The van der Waals surface area contributed by atoms with Crippen molar-refractivity contribution in [1.82, 2.24) is 24.6 Å². The van der Waals surface area contributed by atoms with E-state index in [4.69, 9.17) is 4.99 Å². The Hall–Kier alpha value is -3.67. The van der Waals surface area contributed by atoms with Crippen molar-refractivity contribution in [3.63, 3.8) is 0 Å². The van der Waals surface area contributed by atoms with Gasteiger partial charge < -0.3 is 9.80 Å². The molecule has 6 heteroatoms. The quantitative estimate of drug-likeness (QED) is 0.646. The van der Waals surface area contributed by atoms with Gasteiger partial charge in [-0.25, -0.2) is 9.67 Å². The summed E-state index contributed by atoms with van der Waals surface area (Å²) < 4.78 is 1.89. The molecule has 0 saturated carbocycles. The van der Waals surface area contributed by atoms with Gasteiger partial charge in [-0.2, -0.15) is 5.10 Å². The van der Waals surface area contributed by atoms with Crippen LogP contribution in [0.3, 0.4) is 0 Å². The molecule has 0 spiro atoms. The molecule has 31 heavy (non-hydrogen) atoms. The average Bonchev–Trinajstić information content (AvgIpc) is 3.37. The van der Waals surface area contributed by atoms with Gasteiger partial charge in [0.1, 0.15) is 0 Å². The molecule has 0 bridgehead atoms. The zero-order valence-corrected chi connectivity index (χ0v) is 17.7. The van der Waals surface area contributed by atoms with Crippen LogP contribution < -0.4 is 0 Å². The Kier molecular flexibility index (Phi) is 5.12. The van der Waals surface area contributed by atoms with E-state index >= 15 is 0 Å². The second-order valence-corrected chi connectivity index (χ2v) is 8.05. The molecule has 3 aromatic rings. The van der Waals surface area contributed by atoms with Crippen LogP contribution in [0.1, 0.15) is 29.9 Å². The van der Waals surface area contributed by atoms with Crippen LogP contribution in [0, 0.1) is 0 Å². The van der Waals surface area contributed by atoms with Crippen LogP contribution in [0.4, 0.5) is 0 Å². The van der Waals surface area contributed by atoms with Crippen molar-refractivity contribution in [1.29, 1.82) is 0 Å². The summed E-state index contributed by atoms with van der Waals surface area (Å²) in [5.41, 5.74) is 5.39. The van der Waals surface area contributed by atoms with Gasteiger partial charge in [0.2, 0.25) is 5.96 Å². The minimum atomic E-state index is 0.472. The fourth-order valence-corrected chi connectivity index (χ4v) is 4.30. The van der Waals surface area contributed by atoms with E-state index in [1.54, 1.807) is 18.6 Å². The first-order valence-corrected chi connectivity index (χ1v) is 10.7. The Morgan fingerprint density at radius 2 is 1.84 bits per heavy atom. The zero-order valence-electron chi connectivity index (χ0n) is 17.7. The topological polar surface area (TPSA) is 49.6 Å². The zero-order chi connectivity index (χ0) is 21.2. The smallest absolute Gasteiger partial charge is 0.206 e. The SMILES string of the molecule is C=C1C=C(c2ccncc2)N=C(N2CCCC(c3ccc(-n4cccn4)cc3)C2)N1C. The number of benzene rings is 1. The summed E-state index contributed by atoms with van der Waals surface area (Å²) in [7, 11) is 2.05. The number of pyridine rings is 1. The van der Waals surface area contributed by atoms with Gasteiger partial charge in [-0.05, 0) is 54.8 Å². The largest absolute Gasteiger partial charge is 0.342 e. The fraction of sp³-hybridized carbons (Fsp3) is 0.240. The second kappa shape index (κ2) is 8.22. The van der Waals surface area contributed by atoms with Crippen LogP contribution in [0.5, 0.6) is 0 Å². The highest BCUT2D eigenvalue weighted by atomic mass is 15.4. The van der Waals surface area contributed by atoms with Crippen molar-refractivity contribution >= 4 is 11.7 Å². The lowest BCUT2D eigenvalue weighted by atomic mass is 9.90. The molecule has 0 radical (unpaired) electrons. The normalized spacial score (nSPS) is 19.3. The monoisotopic (exact) mass is 410 g/mol. The minimum absolute atomic E-state index is 0.472. The van der Waals surface area contributed by atoms with E-state index in [9.17, 15) is 0 Å². The van der Waals surface area contributed by atoms with E-state index in [-0.39, 0.29) is 0 Å². The lowest BCUT2D eigenvalue weighted by molar-refractivity contribution is 0.284. The van der Waals surface area contributed by atoms with Crippen molar-refractivity contribution in [3.05, 3.63) is 96.7 Å². The molecule has 2 aromatic heterocycles. The van der Waals surface area contributed by atoms with E-state index < -0.39 is 0 Å². The number of likely N-dealkylation sites (tertiary alicyclic amines) is 1. The highest BCUT2D eigenvalue weighted by Crippen LogP contribution is 2.31. The van der Waals surface area contributed by atoms with Gasteiger partial charge in [-0.3, -0.25) is 4.98 Å². The Balaban J connectivity index is 1.37. The molecule has 0 amide bonds. The highest BCUT2D eigenvalue weighted by Gasteiger charge is 2.28. The number of rotatable bonds is 3. The van der Waals surface area contributed by atoms with Crippen LogP contribution in [0.25, 0.3) is 11.4 Å². The third-order valence-corrected chi connectivity index (χ3v) is 6.07. The number of aromatic nitrogens is 3. The second-order valence-electron chi connectivity index (χ2n) is 8.05. The molecule has 4 heterocycles. The number of hydrogen-bond acceptors (Lipinski definition) is 5. The molecule has 1 atom stereocenters. The Morgan fingerprint density at radius 3 is 2.58 bits per heavy atom. The van der Waals surface area contributed by atoms with Crippen molar-refractivity contribution in [2.45, 2.75) is 18.8 Å². The molecule has 5 rings (SSSR count).